The van der Waals surface area contributed by atoms with Gasteiger partial charge < -0.3 is 15.2 Å². The Kier molecular flexibility index (Phi) is 5.83. The molecule has 13 heteroatoms. The maximum Gasteiger partial charge on any atom is 0.352 e. The second-order valence-electron chi connectivity index (χ2n) is 6.67. The second-order valence-corrected chi connectivity index (χ2v) is 7.77. The van der Waals surface area contributed by atoms with Gasteiger partial charge in [0.25, 0.3) is 11.8 Å². The van der Waals surface area contributed by atoms with Crippen molar-refractivity contribution >= 4 is 35.5 Å². The fourth-order valence-corrected chi connectivity index (χ4v) is 4.71. The van der Waals surface area contributed by atoms with Crippen molar-refractivity contribution in [2.24, 2.45) is 0 Å². The molecule has 0 unspecified atom stereocenters. The molecule has 1 fully saturated rings. The lowest BCUT2D eigenvalue weighted by Gasteiger charge is -2.49. The van der Waals surface area contributed by atoms with E-state index in [1.165, 1.54) is 32.5 Å². The third-order valence-corrected chi connectivity index (χ3v) is 6.06. The van der Waals surface area contributed by atoms with Gasteiger partial charge in [0.05, 0.1) is 17.0 Å². The van der Waals surface area contributed by atoms with Crippen LogP contribution in [0.5, 0.6) is 0 Å². The maximum absolute atomic E-state index is 13.0. The van der Waals surface area contributed by atoms with Crippen LogP contribution < -0.4 is 5.32 Å². The van der Waals surface area contributed by atoms with Crippen molar-refractivity contribution in [2.75, 3.05) is 12.4 Å². The number of thioether (sulfide) groups is 1. The average Bonchev–Trinajstić information content (AvgIpc) is 2.97. The minimum absolute atomic E-state index is 0.0466. The quantitative estimate of drug-likeness (QED) is 0.487. The van der Waals surface area contributed by atoms with E-state index < -0.39 is 41.7 Å². The maximum atomic E-state index is 13.0. The highest BCUT2D eigenvalue weighted by Crippen LogP contribution is 2.40. The minimum atomic E-state index is -2.92. The number of carbonyl (C=O) groups is 4. The molecule has 2 aliphatic heterocycles. The number of ether oxygens (including phenoxy) is 1. The Morgan fingerprint density at radius 3 is 2.57 bits per heavy atom. The van der Waals surface area contributed by atoms with Crippen molar-refractivity contribution in [2.45, 2.75) is 38.7 Å². The van der Waals surface area contributed by atoms with E-state index in [1.54, 1.807) is 0 Å². The first-order valence-electron chi connectivity index (χ1n) is 8.72. The molecule has 3 heterocycles. The summed E-state index contributed by atoms with van der Waals surface area (Å²) in [4.78, 5) is 48.9. The molecule has 1 aromatic heterocycles. The summed E-state index contributed by atoms with van der Waals surface area (Å²) >= 11 is 1.20. The predicted molar refractivity (Wildman–Crippen MR) is 98.6 cm³/mol. The molecule has 30 heavy (non-hydrogen) atoms. The van der Waals surface area contributed by atoms with Gasteiger partial charge in [-0.15, -0.1) is 11.8 Å². The van der Waals surface area contributed by atoms with E-state index in [1.807, 2.05) is 0 Å². The molecule has 0 saturated carbocycles. The summed E-state index contributed by atoms with van der Waals surface area (Å²) in [6, 6.07) is -1.03. The Morgan fingerprint density at radius 1 is 1.37 bits per heavy atom. The number of amides is 2. The number of hydrogen-bond acceptors (Lipinski definition) is 7. The summed E-state index contributed by atoms with van der Waals surface area (Å²) in [6.45, 7) is 0.720. The Bertz CT molecular complexity index is 976. The summed E-state index contributed by atoms with van der Waals surface area (Å²) in [5.41, 5.74) is -0.0445. The lowest BCUT2D eigenvalue weighted by atomic mass is 10.0. The Morgan fingerprint density at radius 2 is 2.03 bits per heavy atom. The van der Waals surface area contributed by atoms with Crippen LogP contribution in [0.25, 0.3) is 0 Å². The third kappa shape index (κ3) is 3.64. The number of carbonyl (C=O) groups excluding carboxylic acids is 3. The largest absolute Gasteiger partial charge is 0.477 e. The zero-order valence-electron chi connectivity index (χ0n) is 16.1. The van der Waals surface area contributed by atoms with Crippen molar-refractivity contribution in [1.29, 1.82) is 0 Å². The molecule has 2 amide bonds. The number of nitrogens with one attached hydrogen (secondary N) is 1. The van der Waals surface area contributed by atoms with Gasteiger partial charge >= 0.3 is 18.5 Å². The molecule has 0 bridgehead atoms. The number of fused-ring (bicyclic) bond motifs is 1. The summed E-state index contributed by atoms with van der Waals surface area (Å²) in [5.74, 6) is -3.17. The van der Waals surface area contributed by atoms with Crippen molar-refractivity contribution in [3.8, 4) is 0 Å². The molecule has 0 spiro atoms. The summed E-state index contributed by atoms with van der Waals surface area (Å²) < 4.78 is 31.2. The first kappa shape index (κ1) is 21.7. The Balaban J connectivity index is 1.79. The number of nitrogens with zero attached hydrogens (tertiary/aromatic N) is 3. The zero-order chi connectivity index (χ0) is 22.3. The first-order chi connectivity index (χ1) is 14.0. The van der Waals surface area contributed by atoms with Gasteiger partial charge in [0.2, 0.25) is 0 Å². The van der Waals surface area contributed by atoms with E-state index in [-0.39, 0.29) is 40.6 Å². The lowest BCUT2D eigenvalue weighted by molar-refractivity contribution is -0.149. The number of carboxylic acids is 1. The highest BCUT2D eigenvalue weighted by atomic mass is 32.2. The van der Waals surface area contributed by atoms with E-state index in [2.05, 4.69) is 10.4 Å². The minimum Gasteiger partial charge on any atom is -0.477 e. The highest BCUT2D eigenvalue weighted by Gasteiger charge is 2.54. The number of β-lactam (4-membered cyclic amide) rings is 1. The molecule has 1 saturated heterocycles. The monoisotopic (exact) mass is 444 g/mol. The standard InChI is InChI=1S/C17H18F2N4O6S/c1-6-10(7(2)23(21-6)17(18)19)13(25)20-11-14(26)22-12(16(27)28)9(4-29-8(3)24)5-30-15(11)22/h11,15,17H,4-5H2,1-3H3,(H,20,25)(H,27,28)/t11-,15+/m1/s1. The van der Waals surface area contributed by atoms with Crippen LogP contribution in [-0.4, -0.2) is 67.3 Å². The van der Waals surface area contributed by atoms with Crippen molar-refractivity contribution in [3.05, 3.63) is 28.2 Å². The van der Waals surface area contributed by atoms with Crippen LogP contribution in [0.1, 0.15) is 35.2 Å². The normalized spacial score (nSPS) is 20.7. The summed E-state index contributed by atoms with van der Waals surface area (Å²) in [5, 5.41) is 15.0. The van der Waals surface area contributed by atoms with Gasteiger partial charge in [-0.3, -0.25) is 19.3 Å². The molecule has 1 aromatic rings. The Hall–Kier alpha value is -2.96. The molecular formula is C17H18F2N4O6S. The van der Waals surface area contributed by atoms with Gasteiger partial charge in [-0.1, -0.05) is 0 Å². The summed E-state index contributed by atoms with van der Waals surface area (Å²) in [7, 11) is 0. The van der Waals surface area contributed by atoms with Crippen LogP contribution in [0.2, 0.25) is 0 Å². The molecule has 10 nitrogen and oxygen atoms in total. The average molecular weight is 444 g/mol. The molecule has 0 aromatic carbocycles. The van der Waals surface area contributed by atoms with Crippen molar-refractivity contribution in [1.82, 2.24) is 20.0 Å². The molecule has 3 rings (SSSR count). The molecular weight excluding hydrogens is 426 g/mol. The summed E-state index contributed by atoms with van der Waals surface area (Å²) in [6.07, 6.45) is 0. The van der Waals surface area contributed by atoms with E-state index >= 15 is 0 Å². The predicted octanol–water partition coefficient (Wildman–Crippen LogP) is 0.810. The van der Waals surface area contributed by atoms with Crippen LogP contribution in [0, 0.1) is 13.8 Å². The van der Waals surface area contributed by atoms with Crippen LogP contribution in [0.3, 0.4) is 0 Å². The van der Waals surface area contributed by atoms with Crippen molar-refractivity contribution < 1.29 is 37.8 Å². The molecule has 2 aliphatic rings. The fourth-order valence-electron chi connectivity index (χ4n) is 3.38. The second kappa shape index (κ2) is 8.05. The number of aryl methyl sites for hydroxylation is 1. The van der Waals surface area contributed by atoms with E-state index in [4.69, 9.17) is 4.74 Å². The van der Waals surface area contributed by atoms with Crippen LogP contribution in [0.15, 0.2) is 11.3 Å². The van der Waals surface area contributed by atoms with Gasteiger partial charge in [-0.25, -0.2) is 9.48 Å². The van der Waals surface area contributed by atoms with Gasteiger partial charge in [-0.2, -0.15) is 13.9 Å². The smallest absolute Gasteiger partial charge is 0.352 e. The van der Waals surface area contributed by atoms with E-state index in [0.717, 1.165) is 4.90 Å². The molecule has 2 atom stereocenters. The Labute approximate surface area is 173 Å². The SMILES string of the molecule is CC(=O)OCC1=C(C(=O)O)N2C(=O)[C@@H](NC(=O)c3c(C)nn(C(F)F)c3C)[C@@H]2SC1. The number of esters is 1. The number of hydrogen-bond donors (Lipinski definition) is 2. The van der Waals surface area contributed by atoms with Crippen LogP contribution >= 0.6 is 11.8 Å². The zero-order valence-corrected chi connectivity index (χ0v) is 17.0. The van der Waals surface area contributed by atoms with Gasteiger partial charge in [0, 0.05) is 18.2 Å². The number of aliphatic carboxylic acids is 1. The van der Waals surface area contributed by atoms with Crippen molar-refractivity contribution in [3.63, 3.8) is 0 Å². The topological polar surface area (TPSA) is 131 Å². The van der Waals surface area contributed by atoms with E-state index in [9.17, 15) is 33.1 Å². The van der Waals surface area contributed by atoms with Gasteiger partial charge in [0.15, 0.2) is 0 Å². The number of carboxylic acid groups (broad SMARTS) is 1. The highest BCUT2D eigenvalue weighted by molar-refractivity contribution is 8.00. The third-order valence-electron chi connectivity index (χ3n) is 4.72. The number of aromatic nitrogens is 2. The molecule has 2 N–H and O–H groups in total. The lowest BCUT2D eigenvalue weighted by Crippen LogP contribution is -2.70. The van der Waals surface area contributed by atoms with Gasteiger partial charge in [0.1, 0.15) is 23.7 Å². The molecule has 162 valence electrons. The fraction of sp³-hybridized carbons (Fsp3) is 0.471. The first-order valence-corrected chi connectivity index (χ1v) is 9.77. The molecule has 0 aliphatic carbocycles. The van der Waals surface area contributed by atoms with E-state index in [0.29, 0.717) is 4.68 Å². The number of rotatable bonds is 6. The van der Waals surface area contributed by atoms with Gasteiger partial charge in [-0.05, 0) is 13.8 Å². The van der Waals surface area contributed by atoms with Crippen LogP contribution in [0.4, 0.5) is 8.78 Å². The molecule has 0 radical (unpaired) electrons. The van der Waals surface area contributed by atoms with Crippen LogP contribution in [-0.2, 0) is 19.1 Å². The number of halogens is 2. The number of alkyl halides is 2.